The van der Waals surface area contributed by atoms with Gasteiger partial charge in [-0.2, -0.15) is 12.6 Å². The van der Waals surface area contributed by atoms with Crippen LogP contribution in [-0.2, 0) is 9.53 Å². The lowest BCUT2D eigenvalue weighted by Gasteiger charge is -2.34. The van der Waals surface area contributed by atoms with Crippen molar-refractivity contribution in [1.29, 1.82) is 0 Å². The predicted molar refractivity (Wildman–Crippen MR) is 72.3 cm³/mol. The summed E-state index contributed by atoms with van der Waals surface area (Å²) < 4.78 is 5.59. The van der Waals surface area contributed by atoms with E-state index in [1.165, 1.54) is 12.8 Å². The molecule has 0 spiro atoms. The SMILES string of the molecule is CC1(C)CCC(OC(=O)CC2(CS)CC2)CC1. The average Bonchev–Trinajstić information content (AvgIpc) is 3.02. The average molecular weight is 256 g/mol. The van der Waals surface area contributed by atoms with Gasteiger partial charge in [0, 0.05) is 0 Å². The van der Waals surface area contributed by atoms with Gasteiger partial charge >= 0.3 is 5.97 Å². The fraction of sp³-hybridized carbons (Fsp3) is 0.929. The van der Waals surface area contributed by atoms with Gasteiger partial charge in [0.05, 0.1) is 6.42 Å². The van der Waals surface area contributed by atoms with E-state index in [2.05, 4.69) is 26.5 Å². The number of rotatable bonds is 4. The molecular weight excluding hydrogens is 232 g/mol. The smallest absolute Gasteiger partial charge is 0.306 e. The highest BCUT2D eigenvalue weighted by molar-refractivity contribution is 7.80. The Morgan fingerprint density at radius 2 is 1.82 bits per heavy atom. The highest BCUT2D eigenvalue weighted by Gasteiger charge is 2.44. The van der Waals surface area contributed by atoms with Crippen LogP contribution in [0.2, 0.25) is 0 Å². The third-order valence-corrected chi connectivity index (χ3v) is 5.07. The first-order valence-corrected chi connectivity index (χ1v) is 7.38. The molecule has 2 saturated carbocycles. The lowest BCUT2D eigenvalue weighted by Crippen LogP contribution is -2.29. The van der Waals surface area contributed by atoms with Gasteiger partial charge in [-0.15, -0.1) is 0 Å². The molecule has 2 nitrogen and oxygen atoms in total. The first kappa shape index (κ1) is 13.3. The van der Waals surface area contributed by atoms with Crippen molar-refractivity contribution in [3.05, 3.63) is 0 Å². The van der Waals surface area contributed by atoms with Crippen molar-refractivity contribution in [2.24, 2.45) is 10.8 Å². The van der Waals surface area contributed by atoms with Crippen LogP contribution in [0, 0.1) is 10.8 Å². The molecule has 0 bridgehead atoms. The van der Waals surface area contributed by atoms with E-state index in [4.69, 9.17) is 4.74 Å². The predicted octanol–water partition coefficient (Wildman–Crippen LogP) is 3.60. The third kappa shape index (κ3) is 3.64. The van der Waals surface area contributed by atoms with Crippen molar-refractivity contribution in [2.45, 2.75) is 64.9 Å². The summed E-state index contributed by atoms with van der Waals surface area (Å²) in [4.78, 5) is 11.8. The van der Waals surface area contributed by atoms with Crippen LogP contribution >= 0.6 is 12.6 Å². The molecule has 0 N–H and O–H groups in total. The zero-order valence-electron chi connectivity index (χ0n) is 11.0. The minimum atomic E-state index is 0.00116. The Morgan fingerprint density at radius 3 is 2.29 bits per heavy atom. The number of esters is 1. The van der Waals surface area contributed by atoms with Gasteiger partial charge in [0.2, 0.25) is 0 Å². The second kappa shape index (κ2) is 4.83. The summed E-state index contributed by atoms with van der Waals surface area (Å²) in [6.07, 6.45) is 7.44. The van der Waals surface area contributed by atoms with Gasteiger partial charge in [0.1, 0.15) is 6.10 Å². The van der Waals surface area contributed by atoms with Crippen LogP contribution in [-0.4, -0.2) is 17.8 Å². The Hall–Kier alpha value is -0.180. The van der Waals surface area contributed by atoms with Crippen LogP contribution < -0.4 is 0 Å². The molecule has 3 heteroatoms. The van der Waals surface area contributed by atoms with Crippen molar-refractivity contribution in [3.63, 3.8) is 0 Å². The van der Waals surface area contributed by atoms with Gasteiger partial charge in [-0.3, -0.25) is 4.79 Å². The molecule has 0 radical (unpaired) electrons. The maximum Gasteiger partial charge on any atom is 0.306 e. The summed E-state index contributed by atoms with van der Waals surface area (Å²) in [5.74, 6) is 0.820. The highest BCUT2D eigenvalue weighted by Crippen LogP contribution is 2.50. The topological polar surface area (TPSA) is 26.3 Å². The molecular formula is C14H24O2S. The number of carbonyl (C=O) groups excluding carboxylic acids is 1. The number of carbonyl (C=O) groups is 1. The molecule has 0 aromatic carbocycles. The quantitative estimate of drug-likeness (QED) is 0.614. The van der Waals surface area contributed by atoms with Gasteiger partial charge in [-0.25, -0.2) is 0 Å². The molecule has 2 aliphatic rings. The zero-order chi connectivity index (χ0) is 12.5. The Morgan fingerprint density at radius 1 is 1.24 bits per heavy atom. The maximum absolute atomic E-state index is 11.8. The van der Waals surface area contributed by atoms with E-state index in [0.717, 1.165) is 31.4 Å². The molecule has 2 aliphatic carbocycles. The van der Waals surface area contributed by atoms with Crippen LogP contribution in [0.5, 0.6) is 0 Å². The van der Waals surface area contributed by atoms with Crippen molar-refractivity contribution in [1.82, 2.24) is 0 Å². The standard InChI is InChI=1S/C14H24O2S/c1-13(2)5-3-11(4-6-13)16-12(15)9-14(10-17)7-8-14/h11,17H,3-10H2,1-2H3. The maximum atomic E-state index is 11.8. The van der Waals surface area contributed by atoms with E-state index in [-0.39, 0.29) is 17.5 Å². The summed E-state index contributed by atoms with van der Waals surface area (Å²) in [6.45, 7) is 4.59. The van der Waals surface area contributed by atoms with E-state index >= 15 is 0 Å². The monoisotopic (exact) mass is 256 g/mol. The normalized spacial score (nSPS) is 26.5. The number of hydrogen-bond acceptors (Lipinski definition) is 3. The fourth-order valence-corrected chi connectivity index (χ4v) is 3.02. The molecule has 2 rings (SSSR count). The highest BCUT2D eigenvalue weighted by atomic mass is 32.1. The van der Waals surface area contributed by atoms with Crippen molar-refractivity contribution in [3.8, 4) is 0 Å². The molecule has 0 aromatic rings. The Kier molecular flexibility index (Phi) is 3.77. The van der Waals surface area contributed by atoms with Crippen LogP contribution in [0.25, 0.3) is 0 Å². The molecule has 98 valence electrons. The molecule has 0 aliphatic heterocycles. The summed E-state index contributed by atoms with van der Waals surface area (Å²) >= 11 is 4.32. The van der Waals surface area contributed by atoms with Gasteiger partial charge in [-0.05, 0) is 55.1 Å². The summed E-state index contributed by atoms with van der Waals surface area (Å²) in [5.41, 5.74) is 0.625. The first-order valence-electron chi connectivity index (χ1n) is 6.75. The third-order valence-electron chi connectivity index (χ3n) is 4.40. The van der Waals surface area contributed by atoms with Crippen LogP contribution in [0.4, 0.5) is 0 Å². The van der Waals surface area contributed by atoms with E-state index < -0.39 is 0 Å². The number of ether oxygens (including phenoxy) is 1. The van der Waals surface area contributed by atoms with Crippen LogP contribution in [0.1, 0.15) is 58.8 Å². The zero-order valence-corrected chi connectivity index (χ0v) is 11.9. The molecule has 17 heavy (non-hydrogen) atoms. The van der Waals surface area contributed by atoms with Crippen LogP contribution in [0.15, 0.2) is 0 Å². The first-order chi connectivity index (χ1) is 7.95. The van der Waals surface area contributed by atoms with Crippen LogP contribution in [0.3, 0.4) is 0 Å². The van der Waals surface area contributed by atoms with Gasteiger partial charge in [-0.1, -0.05) is 13.8 Å². The molecule has 0 unspecified atom stereocenters. The lowest BCUT2D eigenvalue weighted by atomic mass is 9.76. The van der Waals surface area contributed by atoms with Gasteiger partial charge in [0.25, 0.3) is 0 Å². The summed E-state index contributed by atoms with van der Waals surface area (Å²) in [7, 11) is 0. The molecule has 2 fully saturated rings. The Bertz CT molecular complexity index is 285. The number of hydrogen-bond donors (Lipinski definition) is 1. The van der Waals surface area contributed by atoms with Crippen molar-refractivity contribution >= 4 is 18.6 Å². The van der Waals surface area contributed by atoms with E-state index in [1.54, 1.807) is 0 Å². The van der Waals surface area contributed by atoms with Crippen molar-refractivity contribution in [2.75, 3.05) is 5.75 Å². The lowest BCUT2D eigenvalue weighted by molar-refractivity contribution is -0.152. The Labute approximate surface area is 110 Å². The van der Waals surface area contributed by atoms with Crippen molar-refractivity contribution < 1.29 is 9.53 Å². The van der Waals surface area contributed by atoms with E-state index in [9.17, 15) is 4.79 Å². The van der Waals surface area contributed by atoms with Gasteiger partial charge in [0.15, 0.2) is 0 Å². The molecule has 0 aromatic heterocycles. The molecule has 0 saturated heterocycles. The minimum absolute atomic E-state index is 0.00116. The fourth-order valence-electron chi connectivity index (χ4n) is 2.59. The Balaban J connectivity index is 1.73. The molecule has 0 heterocycles. The largest absolute Gasteiger partial charge is 0.462 e. The molecule has 0 atom stereocenters. The van der Waals surface area contributed by atoms with E-state index in [1.807, 2.05) is 0 Å². The van der Waals surface area contributed by atoms with E-state index in [0.29, 0.717) is 11.8 Å². The minimum Gasteiger partial charge on any atom is -0.462 e. The second-order valence-electron chi connectivity index (χ2n) is 6.69. The molecule has 0 amide bonds. The summed E-state index contributed by atoms with van der Waals surface area (Å²) in [6, 6.07) is 0. The van der Waals surface area contributed by atoms with Gasteiger partial charge < -0.3 is 4.74 Å². The second-order valence-corrected chi connectivity index (χ2v) is 7.00. The summed E-state index contributed by atoms with van der Waals surface area (Å²) in [5, 5.41) is 0. The number of thiol groups is 1.